The predicted molar refractivity (Wildman–Crippen MR) is 142 cm³/mol. The fourth-order valence-electron chi connectivity index (χ4n) is 3.48. The third-order valence-corrected chi connectivity index (χ3v) is 5.33. The van der Waals surface area contributed by atoms with Crippen LogP contribution in [0.5, 0.6) is 17.2 Å². The van der Waals surface area contributed by atoms with E-state index in [1.54, 1.807) is 36.4 Å². The number of hydrogen-bond donors (Lipinski definition) is 2. The Labute approximate surface area is 212 Å². The maximum atomic E-state index is 12.7. The predicted octanol–water partition coefficient (Wildman–Crippen LogP) is 6.05. The number of rotatable bonds is 10. The first kappa shape index (κ1) is 26.6. The van der Waals surface area contributed by atoms with Crippen LogP contribution in [0.2, 0.25) is 0 Å². The number of carbonyl (C=O) groups excluding carboxylic acids is 2. The number of ether oxygens (including phenoxy) is 3. The second-order valence-electron chi connectivity index (χ2n) is 9.14. The summed E-state index contributed by atoms with van der Waals surface area (Å²) in [7, 11) is 0. The Kier molecular flexibility index (Phi) is 8.95. The molecule has 3 aromatic carbocycles. The van der Waals surface area contributed by atoms with Crippen LogP contribution in [0.1, 0.15) is 50.5 Å². The van der Waals surface area contributed by atoms with Gasteiger partial charge in [-0.05, 0) is 49.1 Å². The minimum Gasteiger partial charge on any atom is -0.492 e. The van der Waals surface area contributed by atoms with Gasteiger partial charge in [0, 0.05) is 17.7 Å². The van der Waals surface area contributed by atoms with Crippen molar-refractivity contribution in [3.05, 3.63) is 77.9 Å². The normalized spacial score (nSPS) is 10.9. The molecule has 0 spiro atoms. The van der Waals surface area contributed by atoms with E-state index < -0.39 is 0 Å². The van der Waals surface area contributed by atoms with Gasteiger partial charge in [0.2, 0.25) is 0 Å². The lowest BCUT2D eigenvalue weighted by Gasteiger charge is -2.19. The van der Waals surface area contributed by atoms with Gasteiger partial charge in [-0.3, -0.25) is 9.59 Å². The Balaban J connectivity index is 1.75. The van der Waals surface area contributed by atoms with E-state index in [2.05, 4.69) is 31.4 Å². The van der Waals surface area contributed by atoms with Gasteiger partial charge < -0.3 is 24.8 Å². The Morgan fingerprint density at radius 1 is 0.750 bits per heavy atom. The lowest BCUT2D eigenvalue weighted by molar-refractivity contribution is -0.118. The number of nitrogens with one attached hydrogen (secondary N) is 2. The summed E-state index contributed by atoms with van der Waals surface area (Å²) < 4.78 is 17.2. The molecule has 0 bridgehead atoms. The topological polar surface area (TPSA) is 85.9 Å². The average Bonchev–Trinajstić information content (AvgIpc) is 2.85. The van der Waals surface area contributed by atoms with Crippen LogP contribution in [0.4, 0.5) is 11.4 Å². The molecule has 7 heteroatoms. The molecule has 0 aliphatic carbocycles. The van der Waals surface area contributed by atoms with Gasteiger partial charge >= 0.3 is 0 Å². The molecule has 36 heavy (non-hydrogen) atoms. The van der Waals surface area contributed by atoms with E-state index in [0.717, 1.165) is 0 Å². The smallest absolute Gasteiger partial charge is 0.262 e. The van der Waals surface area contributed by atoms with Gasteiger partial charge in [0.05, 0.1) is 24.6 Å². The third-order valence-electron chi connectivity index (χ3n) is 5.33. The maximum absolute atomic E-state index is 12.7. The summed E-state index contributed by atoms with van der Waals surface area (Å²) in [6.45, 7) is 10.7. The molecule has 0 heterocycles. The standard InChI is InChI=1S/C29H34N2O5/c1-6-34-25-18-24(31-28(33)20-11-9-8-10-12-20)26(35-7-2)17-23(25)30-27(32)19-36-22-15-13-21(14-16-22)29(3,4)5/h8-18H,6-7,19H2,1-5H3,(H,30,32)(H,31,33). The Bertz CT molecular complexity index is 1170. The molecule has 0 aromatic heterocycles. The van der Waals surface area contributed by atoms with Gasteiger partial charge in [-0.25, -0.2) is 0 Å². The van der Waals surface area contributed by atoms with Gasteiger partial charge in [0.1, 0.15) is 17.2 Å². The zero-order valence-corrected chi connectivity index (χ0v) is 21.5. The molecular weight excluding hydrogens is 456 g/mol. The van der Waals surface area contributed by atoms with Crippen LogP contribution in [0.15, 0.2) is 66.7 Å². The molecule has 0 aliphatic heterocycles. The van der Waals surface area contributed by atoms with Gasteiger partial charge in [0.15, 0.2) is 6.61 Å². The molecule has 2 amide bonds. The molecule has 3 rings (SSSR count). The van der Waals surface area contributed by atoms with Crippen molar-refractivity contribution in [2.45, 2.75) is 40.0 Å². The first-order valence-corrected chi connectivity index (χ1v) is 12.0. The van der Waals surface area contributed by atoms with Gasteiger partial charge in [-0.1, -0.05) is 51.1 Å². The van der Waals surface area contributed by atoms with E-state index in [-0.39, 0.29) is 23.8 Å². The van der Waals surface area contributed by atoms with Crippen LogP contribution in [-0.2, 0) is 10.2 Å². The number of amides is 2. The maximum Gasteiger partial charge on any atom is 0.262 e. The minimum absolute atomic E-state index is 0.0383. The minimum atomic E-state index is -0.348. The zero-order valence-electron chi connectivity index (χ0n) is 21.5. The van der Waals surface area contributed by atoms with Crippen molar-refractivity contribution in [3.63, 3.8) is 0 Å². The lowest BCUT2D eigenvalue weighted by Crippen LogP contribution is -2.21. The van der Waals surface area contributed by atoms with Crippen LogP contribution in [0, 0.1) is 0 Å². The van der Waals surface area contributed by atoms with E-state index in [1.807, 2.05) is 44.2 Å². The van der Waals surface area contributed by atoms with Crippen molar-refractivity contribution in [2.75, 3.05) is 30.5 Å². The number of carbonyl (C=O) groups is 2. The van der Waals surface area contributed by atoms with Crippen molar-refractivity contribution >= 4 is 23.2 Å². The van der Waals surface area contributed by atoms with Crippen molar-refractivity contribution in [1.29, 1.82) is 0 Å². The summed E-state index contributed by atoms with van der Waals surface area (Å²) in [6.07, 6.45) is 0. The van der Waals surface area contributed by atoms with Crippen LogP contribution in [-0.4, -0.2) is 31.6 Å². The molecule has 0 saturated heterocycles. The van der Waals surface area contributed by atoms with Crippen LogP contribution in [0.3, 0.4) is 0 Å². The monoisotopic (exact) mass is 490 g/mol. The van der Waals surface area contributed by atoms with Gasteiger partial charge in [0.25, 0.3) is 11.8 Å². The Morgan fingerprint density at radius 3 is 1.83 bits per heavy atom. The summed E-state index contributed by atoms with van der Waals surface area (Å²) in [5.41, 5.74) is 2.61. The highest BCUT2D eigenvalue weighted by Gasteiger charge is 2.18. The van der Waals surface area contributed by atoms with E-state index in [4.69, 9.17) is 14.2 Å². The molecule has 0 unspecified atom stereocenters. The molecule has 7 nitrogen and oxygen atoms in total. The quantitative estimate of drug-likeness (QED) is 0.361. The number of benzene rings is 3. The molecule has 0 saturated carbocycles. The van der Waals surface area contributed by atoms with E-state index in [9.17, 15) is 9.59 Å². The molecule has 0 fully saturated rings. The highest BCUT2D eigenvalue weighted by Crippen LogP contribution is 2.37. The Morgan fingerprint density at radius 2 is 1.31 bits per heavy atom. The zero-order chi connectivity index (χ0) is 26.1. The molecule has 0 radical (unpaired) electrons. The number of hydrogen-bond acceptors (Lipinski definition) is 5. The molecule has 0 aliphatic rings. The van der Waals surface area contributed by atoms with Crippen molar-refractivity contribution in [1.82, 2.24) is 0 Å². The van der Waals surface area contributed by atoms with Gasteiger partial charge in [-0.2, -0.15) is 0 Å². The summed E-state index contributed by atoms with van der Waals surface area (Å²) >= 11 is 0. The summed E-state index contributed by atoms with van der Waals surface area (Å²) in [5.74, 6) is 0.810. The first-order chi connectivity index (χ1) is 17.2. The first-order valence-electron chi connectivity index (χ1n) is 12.0. The molecule has 0 atom stereocenters. The summed E-state index contributed by atoms with van der Waals surface area (Å²) in [6, 6.07) is 19.9. The largest absolute Gasteiger partial charge is 0.492 e. The lowest BCUT2D eigenvalue weighted by atomic mass is 9.87. The van der Waals surface area contributed by atoms with E-state index in [0.29, 0.717) is 47.4 Å². The second-order valence-corrected chi connectivity index (χ2v) is 9.14. The summed E-state index contributed by atoms with van der Waals surface area (Å²) in [5, 5.41) is 5.70. The molecule has 2 N–H and O–H groups in total. The fraction of sp³-hybridized carbons (Fsp3) is 0.310. The highest BCUT2D eigenvalue weighted by molar-refractivity contribution is 6.05. The third kappa shape index (κ3) is 7.25. The SMILES string of the molecule is CCOc1cc(NC(=O)c2ccccc2)c(OCC)cc1NC(=O)COc1ccc(C(C)(C)C)cc1. The van der Waals surface area contributed by atoms with Crippen LogP contribution >= 0.6 is 0 Å². The Hall–Kier alpha value is -4.00. The van der Waals surface area contributed by atoms with E-state index in [1.165, 1.54) is 5.56 Å². The van der Waals surface area contributed by atoms with Crippen LogP contribution < -0.4 is 24.8 Å². The summed E-state index contributed by atoms with van der Waals surface area (Å²) in [4.78, 5) is 25.4. The van der Waals surface area contributed by atoms with E-state index >= 15 is 0 Å². The molecule has 190 valence electrons. The van der Waals surface area contributed by atoms with Crippen LogP contribution in [0.25, 0.3) is 0 Å². The van der Waals surface area contributed by atoms with Gasteiger partial charge in [-0.15, -0.1) is 0 Å². The van der Waals surface area contributed by atoms with Crippen molar-refractivity contribution in [2.24, 2.45) is 0 Å². The second kappa shape index (κ2) is 12.1. The van der Waals surface area contributed by atoms with Crippen molar-refractivity contribution < 1.29 is 23.8 Å². The fourth-order valence-corrected chi connectivity index (χ4v) is 3.48. The van der Waals surface area contributed by atoms with Crippen molar-refractivity contribution in [3.8, 4) is 17.2 Å². The molecule has 3 aromatic rings. The molecular formula is C29H34N2O5. The average molecular weight is 491 g/mol. The number of anilines is 2. The highest BCUT2D eigenvalue weighted by atomic mass is 16.5.